The molecule has 4 rings (SSSR count). The molecule has 0 bridgehead atoms. The number of likely N-dealkylation sites (tertiary alicyclic amines) is 1. The average molecular weight is 543 g/mol. The molecule has 0 radical (unpaired) electrons. The third-order valence-electron chi connectivity index (χ3n) is 5.95. The Bertz CT molecular complexity index is 1350. The summed E-state index contributed by atoms with van der Waals surface area (Å²) >= 11 is 0.655. The number of nitrogens with zero attached hydrogens (tertiary/aromatic N) is 4. The van der Waals surface area contributed by atoms with E-state index in [1.807, 2.05) is 0 Å². The molecule has 0 atom stereocenters. The summed E-state index contributed by atoms with van der Waals surface area (Å²) in [5.41, 5.74) is -0.880. The Morgan fingerprint density at radius 3 is 2.45 bits per heavy atom. The van der Waals surface area contributed by atoms with Crippen LogP contribution in [0.1, 0.15) is 24.8 Å². The summed E-state index contributed by atoms with van der Waals surface area (Å²) in [5.74, 6) is -1.10. The maximum absolute atomic E-state index is 13.0. The highest BCUT2D eigenvalue weighted by atomic mass is 32.2. The van der Waals surface area contributed by atoms with Gasteiger partial charge in [-0.05, 0) is 49.2 Å². The summed E-state index contributed by atoms with van der Waals surface area (Å²) in [6.07, 6.45) is 4.14. The lowest BCUT2D eigenvalue weighted by atomic mass is 10.1. The second-order valence-corrected chi connectivity index (χ2v) is 9.35. The number of methoxy groups -OCH3 is 1. The van der Waals surface area contributed by atoms with Crippen molar-refractivity contribution in [1.82, 2.24) is 9.80 Å². The number of nitro benzene ring substituents is 2. The molecular weight excluding hydrogens is 520 g/mol. The van der Waals surface area contributed by atoms with Crippen LogP contribution in [-0.2, 0) is 9.59 Å². The number of thioether (sulfide) groups is 1. The van der Waals surface area contributed by atoms with E-state index >= 15 is 0 Å². The largest absolute Gasteiger partial charge is 0.493 e. The summed E-state index contributed by atoms with van der Waals surface area (Å²) in [7, 11) is 1.34. The molecular formula is C24H22N4O9S. The smallest absolute Gasteiger partial charge is 0.318 e. The van der Waals surface area contributed by atoms with Crippen molar-refractivity contribution in [1.29, 1.82) is 0 Å². The van der Waals surface area contributed by atoms with Crippen molar-refractivity contribution >= 4 is 46.3 Å². The number of piperidine rings is 1. The molecule has 0 spiro atoms. The van der Waals surface area contributed by atoms with Gasteiger partial charge in [-0.2, -0.15) is 0 Å². The predicted octanol–water partition coefficient (Wildman–Crippen LogP) is 4.35. The van der Waals surface area contributed by atoms with Crippen LogP contribution in [0.3, 0.4) is 0 Å². The van der Waals surface area contributed by atoms with Gasteiger partial charge < -0.3 is 14.4 Å². The van der Waals surface area contributed by atoms with E-state index in [1.54, 1.807) is 17.0 Å². The number of carbonyl (C=O) groups is 3. The number of imide groups is 1. The first-order chi connectivity index (χ1) is 18.2. The van der Waals surface area contributed by atoms with Gasteiger partial charge in [0.2, 0.25) is 11.7 Å². The molecule has 2 heterocycles. The van der Waals surface area contributed by atoms with Crippen LogP contribution in [0.25, 0.3) is 6.08 Å². The van der Waals surface area contributed by atoms with Crippen molar-refractivity contribution in [2.24, 2.45) is 0 Å². The van der Waals surface area contributed by atoms with Crippen molar-refractivity contribution < 1.29 is 33.7 Å². The number of non-ortho nitro benzene ring substituents is 1. The summed E-state index contributed by atoms with van der Waals surface area (Å²) in [6, 6.07) is 7.57. The second-order valence-electron chi connectivity index (χ2n) is 8.36. The SMILES string of the molecule is COc1cccc(/C=C2\SC(=O)N(CC(=O)N3CCCCC3)C2=O)c1Oc1ccc([N+](=O)[O-])cc1[N+](=O)[O-]. The number of hydrogen-bond donors (Lipinski definition) is 0. The molecule has 0 aromatic heterocycles. The number of ether oxygens (including phenoxy) is 2. The van der Waals surface area contributed by atoms with Crippen molar-refractivity contribution in [2.75, 3.05) is 26.7 Å². The van der Waals surface area contributed by atoms with Gasteiger partial charge in [-0.15, -0.1) is 0 Å². The molecule has 13 nitrogen and oxygen atoms in total. The van der Waals surface area contributed by atoms with Crippen LogP contribution in [-0.4, -0.2) is 63.4 Å². The number of carbonyl (C=O) groups excluding carboxylic acids is 3. The Morgan fingerprint density at radius 2 is 1.79 bits per heavy atom. The van der Waals surface area contributed by atoms with Gasteiger partial charge in [-0.25, -0.2) is 0 Å². The summed E-state index contributed by atoms with van der Waals surface area (Å²) < 4.78 is 11.1. The number of benzene rings is 2. The Balaban J connectivity index is 1.64. The van der Waals surface area contributed by atoms with Crippen LogP contribution in [0.15, 0.2) is 41.3 Å². The van der Waals surface area contributed by atoms with Crippen LogP contribution >= 0.6 is 11.8 Å². The van der Waals surface area contributed by atoms with Gasteiger partial charge in [0.1, 0.15) is 6.54 Å². The van der Waals surface area contributed by atoms with Gasteiger partial charge in [0, 0.05) is 24.7 Å². The molecule has 3 amide bonds. The fourth-order valence-electron chi connectivity index (χ4n) is 4.03. The number of para-hydroxylation sites is 1. The number of rotatable bonds is 8. The molecule has 38 heavy (non-hydrogen) atoms. The van der Waals surface area contributed by atoms with Crippen LogP contribution in [0.4, 0.5) is 16.2 Å². The zero-order chi connectivity index (χ0) is 27.4. The maximum atomic E-state index is 13.0. The first-order valence-electron chi connectivity index (χ1n) is 11.5. The summed E-state index contributed by atoms with van der Waals surface area (Å²) in [5, 5.41) is 22.0. The third-order valence-corrected chi connectivity index (χ3v) is 6.86. The maximum Gasteiger partial charge on any atom is 0.318 e. The van der Waals surface area contributed by atoms with Crippen LogP contribution < -0.4 is 9.47 Å². The van der Waals surface area contributed by atoms with Crippen LogP contribution in [0.2, 0.25) is 0 Å². The molecule has 2 saturated heterocycles. The zero-order valence-corrected chi connectivity index (χ0v) is 21.0. The van der Waals surface area contributed by atoms with Crippen molar-refractivity contribution in [2.45, 2.75) is 19.3 Å². The highest BCUT2D eigenvalue weighted by molar-refractivity contribution is 8.18. The molecule has 2 fully saturated rings. The monoisotopic (exact) mass is 542 g/mol. The molecule has 198 valence electrons. The van der Waals surface area contributed by atoms with Gasteiger partial charge in [-0.1, -0.05) is 12.1 Å². The van der Waals surface area contributed by atoms with Crippen LogP contribution in [0.5, 0.6) is 17.2 Å². The molecule has 0 unspecified atom stereocenters. The lowest BCUT2D eigenvalue weighted by molar-refractivity contribution is -0.394. The minimum absolute atomic E-state index is 0.0110. The zero-order valence-electron chi connectivity index (χ0n) is 20.2. The number of amides is 3. The van der Waals surface area contributed by atoms with Crippen LogP contribution in [0, 0.1) is 20.2 Å². The molecule has 0 saturated carbocycles. The van der Waals surface area contributed by atoms with E-state index < -0.39 is 32.4 Å². The van der Waals surface area contributed by atoms with E-state index in [0.717, 1.165) is 42.4 Å². The first kappa shape index (κ1) is 26.6. The Kier molecular flexibility index (Phi) is 7.90. The normalized spacial score (nSPS) is 16.6. The Morgan fingerprint density at radius 1 is 1.05 bits per heavy atom. The lowest BCUT2D eigenvalue weighted by Crippen LogP contribution is -2.44. The predicted molar refractivity (Wildman–Crippen MR) is 136 cm³/mol. The highest BCUT2D eigenvalue weighted by Crippen LogP contribution is 2.42. The molecule has 14 heteroatoms. The summed E-state index contributed by atoms with van der Waals surface area (Å²) in [6.45, 7) is 0.812. The van der Waals surface area contributed by atoms with E-state index in [4.69, 9.17) is 9.47 Å². The van der Waals surface area contributed by atoms with E-state index in [-0.39, 0.29) is 40.2 Å². The average Bonchev–Trinajstić information content (AvgIpc) is 3.17. The highest BCUT2D eigenvalue weighted by Gasteiger charge is 2.37. The van der Waals surface area contributed by atoms with Gasteiger partial charge in [0.05, 0.1) is 27.9 Å². The minimum atomic E-state index is -0.817. The molecule has 0 N–H and O–H groups in total. The molecule has 2 aromatic rings. The van der Waals surface area contributed by atoms with E-state index in [2.05, 4.69) is 0 Å². The first-order valence-corrected chi connectivity index (χ1v) is 12.3. The topological polar surface area (TPSA) is 162 Å². The van der Waals surface area contributed by atoms with Gasteiger partial charge in [-0.3, -0.25) is 39.5 Å². The van der Waals surface area contributed by atoms with Gasteiger partial charge in [0.25, 0.3) is 16.8 Å². The molecule has 2 aliphatic heterocycles. The third kappa shape index (κ3) is 5.59. The second kappa shape index (κ2) is 11.3. The van der Waals surface area contributed by atoms with Crippen molar-refractivity contribution in [3.63, 3.8) is 0 Å². The van der Waals surface area contributed by atoms with E-state index in [1.165, 1.54) is 19.3 Å². The van der Waals surface area contributed by atoms with E-state index in [9.17, 15) is 34.6 Å². The lowest BCUT2D eigenvalue weighted by Gasteiger charge is -2.27. The van der Waals surface area contributed by atoms with Gasteiger partial charge >= 0.3 is 5.69 Å². The fourth-order valence-corrected chi connectivity index (χ4v) is 4.86. The Hall–Kier alpha value is -4.46. The van der Waals surface area contributed by atoms with Crippen molar-refractivity contribution in [3.05, 3.63) is 67.1 Å². The number of nitro groups is 2. The number of hydrogen-bond acceptors (Lipinski definition) is 10. The summed E-state index contributed by atoms with van der Waals surface area (Å²) in [4.78, 5) is 61.8. The molecule has 2 aliphatic rings. The fraction of sp³-hybridized carbons (Fsp3) is 0.292. The van der Waals surface area contributed by atoms with E-state index in [0.29, 0.717) is 24.9 Å². The van der Waals surface area contributed by atoms with Gasteiger partial charge in [0.15, 0.2) is 11.5 Å². The Labute approximate surface area is 220 Å². The quantitative estimate of drug-likeness (QED) is 0.266. The molecule has 2 aromatic carbocycles. The minimum Gasteiger partial charge on any atom is -0.493 e. The molecule has 0 aliphatic carbocycles. The standard InChI is InChI=1S/C24H22N4O9S/c1-36-19-7-5-6-15(22(19)37-18-9-8-16(27(32)33)13-17(18)28(34)35)12-20-23(30)26(24(31)38-20)14-21(29)25-10-3-2-4-11-25/h5-9,12-13H,2-4,10-11,14H2,1H3/b20-12-. The van der Waals surface area contributed by atoms with Crippen molar-refractivity contribution in [3.8, 4) is 17.2 Å².